The first-order valence-electron chi connectivity index (χ1n) is 2.64. The molecular weight excluding hydrogens is 293 g/mol. The van der Waals surface area contributed by atoms with E-state index < -0.39 is 13.6 Å². The molecule has 0 bridgehead atoms. The van der Waals surface area contributed by atoms with Gasteiger partial charge in [0.1, 0.15) is 6.61 Å². The standard InChI is InChI=1S/C4H2Cl6O2/c5-2(6)1-11-3(7,8)4(9,10)12-2/h1H2. The van der Waals surface area contributed by atoms with Crippen molar-refractivity contribution < 1.29 is 9.47 Å². The van der Waals surface area contributed by atoms with Crippen molar-refractivity contribution in [3.05, 3.63) is 0 Å². The third-order valence-electron chi connectivity index (χ3n) is 1.04. The van der Waals surface area contributed by atoms with Crippen molar-refractivity contribution in [3.63, 3.8) is 0 Å². The van der Waals surface area contributed by atoms with E-state index in [1.54, 1.807) is 0 Å². The summed E-state index contributed by atoms with van der Waals surface area (Å²) in [6, 6.07) is 0. The Balaban J connectivity index is 2.82. The average molecular weight is 295 g/mol. The summed E-state index contributed by atoms with van der Waals surface area (Å²) in [5.74, 6) is 0. The lowest BCUT2D eigenvalue weighted by atomic mass is 10.6. The fraction of sp³-hybridized carbons (Fsp3) is 1.00. The molecule has 1 rings (SSSR count). The minimum atomic E-state index is -2.00. The molecule has 1 aliphatic heterocycles. The van der Waals surface area contributed by atoms with Crippen LogP contribution in [0.5, 0.6) is 0 Å². The van der Waals surface area contributed by atoms with Crippen LogP contribution in [-0.2, 0) is 9.47 Å². The van der Waals surface area contributed by atoms with Crippen molar-refractivity contribution in [1.82, 2.24) is 0 Å². The molecule has 12 heavy (non-hydrogen) atoms. The Morgan fingerprint density at radius 1 is 0.833 bits per heavy atom. The van der Waals surface area contributed by atoms with E-state index in [1.807, 2.05) is 0 Å². The Morgan fingerprint density at radius 2 is 1.33 bits per heavy atom. The molecule has 0 saturated carbocycles. The molecule has 0 N–H and O–H groups in total. The van der Waals surface area contributed by atoms with E-state index in [-0.39, 0.29) is 6.61 Å². The van der Waals surface area contributed by atoms with E-state index in [0.29, 0.717) is 0 Å². The van der Waals surface area contributed by atoms with Gasteiger partial charge in [0.05, 0.1) is 0 Å². The summed E-state index contributed by atoms with van der Waals surface area (Å²) in [7, 11) is 0. The summed E-state index contributed by atoms with van der Waals surface area (Å²) < 4.78 is 3.99. The molecular formula is C4H2Cl6O2. The van der Waals surface area contributed by atoms with Crippen molar-refractivity contribution in [2.24, 2.45) is 0 Å². The smallest absolute Gasteiger partial charge is 0.279 e. The Bertz CT molecular complexity index is 190. The first kappa shape index (κ1) is 11.7. The summed E-state index contributed by atoms with van der Waals surface area (Å²) in [6.45, 7) is -0.232. The fourth-order valence-corrected chi connectivity index (χ4v) is 1.59. The lowest BCUT2D eigenvalue weighted by molar-refractivity contribution is -0.146. The molecule has 0 spiro atoms. The minimum absolute atomic E-state index is 0.232. The maximum absolute atomic E-state index is 5.53. The van der Waals surface area contributed by atoms with Gasteiger partial charge in [-0.15, -0.1) is 0 Å². The number of alkyl halides is 6. The Morgan fingerprint density at radius 3 is 1.67 bits per heavy atom. The molecule has 0 aromatic heterocycles. The van der Waals surface area contributed by atoms with Crippen LogP contribution in [0.15, 0.2) is 0 Å². The molecule has 72 valence electrons. The molecule has 1 aliphatic rings. The van der Waals surface area contributed by atoms with Crippen LogP contribution in [0.4, 0.5) is 0 Å². The summed E-state index contributed by atoms with van der Waals surface area (Å²) in [6.07, 6.45) is 0. The van der Waals surface area contributed by atoms with Crippen LogP contribution >= 0.6 is 69.6 Å². The van der Waals surface area contributed by atoms with Gasteiger partial charge < -0.3 is 9.47 Å². The van der Waals surface area contributed by atoms with Crippen LogP contribution in [0.3, 0.4) is 0 Å². The molecule has 0 radical (unpaired) electrons. The maximum Gasteiger partial charge on any atom is 0.279 e. The van der Waals surface area contributed by atoms with Gasteiger partial charge in [-0.1, -0.05) is 69.6 Å². The second-order valence-corrected chi connectivity index (χ2v) is 5.99. The predicted molar refractivity (Wildman–Crippen MR) is 50.3 cm³/mol. The van der Waals surface area contributed by atoms with Crippen molar-refractivity contribution in [3.8, 4) is 0 Å². The van der Waals surface area contributed by atoms with E-state index >= 15 is 0 Å². The quantitative estimate of drug-likeness (QED) is 0.637. The van der Waals surface area contributed by atoms with Crippen LogP contribution in [0.2, 0.25) is 0 Å². The molecule has 1 saturated heterocycles. The molecule has 2 nitrogen and oxygen atoms in total. The summed E-state index contributed by atoms with van der Waals surface area (Å²) in [5.41, 5.74) is 0. The van der Waals surface area contributed by atoms with Crippen LogP contribution < -0.4 is 0 Å². The van der Waals surface area contributed by atoms with E-state index in [0.717, 1.165) is 0 Å². The van der Waals surface area contributed by atoms with Crippen LogP contribution in [-0.4, -0.2) is 20.2 Å². The van der Waals surface area contributed by atoms with E-state index in [1.165, 1.54) is 0 Å². The lowest BCUT2D eigenvalue weighted by Gasteiger charge is -2.41. The lowest BCUT2D eigenvalue weighted by Crippen LogP contribution is -2.52. The third-order valence-corrected chi connectivity index (χ3v) is 3.23. The topological polar surface area (TPSA) is 18.5 Å². The highest BCUT2D eigenvalue weighted by Crippen LogP contribution is 2.52. The van der Waals surface area contributed by atoms with Crippen molar-refractivity contribution in [2.75, 3.05) is 6.61 Å². The highest BCUT2D eigenvalue weighted by Gasteiger charge is 2.58. The molecule has 0 unspecified atom stereocenters. The molecule has 0 amide bonds. The zero-order chi connectivity index (χ0) is 9.62. The number of hydrogen-bond donors (Lipinski definition) is 0. The second-order valence-electron chi connectivity index (χ2n) is 2.06. The van der Waals surface area contributed by atoms with Gasteiger partial charge in [-0.2, -0.15) is 0 Å². The highest BCUT2D eigenvalue weighted by molar-refractivity contribution is 6.61. The van der Waals surface area contributed by atoms with Gasteiger partial charge in [0.25, 0.3) is 9.04 Å². The second kappa shape index (κ2) is 3.35. The number of hydrogen-bond acceptors (Lipinski definition) is 2. The van der Waals surface area contributed by atoms with Gasteiger partial charge in [0, 0.05) is 0 Å². The highest BCUT2D eigenvalue weighted by atomic mass is 35.5. The minimum Gasteiger partial charge on any atom is -0.337 e. The van der Waals surface area contributed by atoms with Gasteiger partial charge in [-0.05, 0) is 0 Å². The van der Waals surface area contributed by atoms with Crippen molar-refractivity contribution in [1.29, 1.82) is 0 Å². The number of halogens is 6. The molecule has 8 heteroatoms. The van der Waals surface area contributed by atoms with Crippen LogP contribution in [0.1, 0.15) is 0 Å². The third kappa shape index (κ3) is 2.37. The monoisotopic (exact) mass is 292 g/mol. The molecule has 1 heterocycles. The normalized spacial score (nSPS) is 31.5. The van der Waals surface area contributed by atoms with Gasteiger partial charge >= 0.3 is 0 Å². The van der Waals surface area contributed by atoms with Crippen molar-refractivity contribution >= 4 is 69.6 Å². The molecule has 0 aromatic carbocycles. The summed E-state index contributed by atoms with van der Waals surface area (Å²) in [4.78, 5) is 0. The zero-order valence-electron chi connectivity index (χ0n) is 5.29. The SMILES string of the molecule is ClC1(Cl)COC(Cl)(Cl)C(Cl)(Cl)O1. The van der Waals surface area contributed by atoms with Gasteiger partial charge in [0.2, 0.25) is 4.52 Å². The van der Waals surface area contributed by atoms with E-state index in [9.17, 15) is 0 Å². The largest absolute Gasteiger partial charge is 0.337 e. The number of ether oxygens (including phenoxy) is 2. The molecule has 0 atom stereocenters. The van der Waals surface area contributed by atoms with Crippen molar-refractivity contribution in [2.45, 2.75) is 13.6 Å². The summed E-state index contributed by atoms with van der Waals surface area (Å²) >= 11 is 33.2. The van der Waals surface area contributed by atoms with Crippen LogP contribution in [0.25, 0.3) is 0 Å². The van der Waals surface area contributed by atoms with E-state index in [2.05, 4.69) is 0 Å². The molecule has 0 aliphatic carbocycles. The Labute approximate surface area is 98.9 Å². The first-order chi connectivity index (χ1) is 5.16. The maximum atomic E-state index is 5.53. The van der Waals surface area contributed by atoms with Gasteiger partial charge in [-0.3, -0.25) is 0 Å². The molecule has 1 fully saturated rings. The van der Waals surface area contributed by atoms with Gasteiger partial charge in [0.15, 0.2) is 0 Å². The predicted octanol–water partition coefficient (Wildman–Crippen LogP) is 3.43. The molecule has 0 aromatic rings. The summed E-state index contributed by atoms with van der Waals surface area (Å²) in [5, 5.41) is 0. The fourth-order valence-electron chi connectivity index (χ4n) is 0.535. The van der Waals surface area contributed by atoms with Crippen LogP contribution in [0, 0.1) is 0 Å². The Kier molecular flexibility index (Phi) is 3.28. The van der Waals surface area contributed by atoms with E-state index in [4.69, 9.17) is 79.1 Å². The first-order valence-corrected chi connectivity index (χ1v) is 4.91. The number of rotatable bonds is 0. The zero-order valence-corrected chi connectivity index (χ0v) is 9.83. The Hall–Kier alpha value is 1.66. The van der Waals surface area contributed by atoms with Gasteiger partial charge in [-0.25, -0.2) is 0 Å². The average Bonchev–Trinajstić information content (AvgIpc) is 1.79.